The van der Waals surface area contributed by atoms with Gasteiger partial charge in [0.2, 0.25) is 0 Å². The molecule has 0 radical (unpaired) electrons. The van der Waals surface area contributed by atoms with E-state index in [1.165, 1.54) is 5.56 Å². The molecule has 0 spiro atoms. The van der Waals surface area contributed by atoms with Gasteiger partial charge in [0.1, 0.15) is 5.03 Å². The Hall–Kier alpha value is -1.03. The molecule has 4 heteroatoms. The van der Waals surface area contributed by atoms with Crippen molar-refractivity contribution in [1.82, 2.24) is 10.3 Å². The van der Waals surface area contributed by atoms with Crippen LogP contribution in [0.1, 0.15) is 5.56 Å². The van der Waals surface area contributed by atoms with Crippen LogP contribution in [-0.4, -0.2) is 12.0 Å². The minimum absolute atomic E-state index is 0.752. The molecule has 0 unspecified atom stereocenters. The number of hydrogen-bond donors (Lipinski definition) is 1. The largest absolute Gasteiger partial charge is 0.316 e. The number of nitrogens with one attached hydrogen (secondary N) is 1. The third-order valence-electron chi connectivity index (χ3n) is 2.20. The molecular formula is C13H13ClN2S. The number of halogens is 1. The quantitative estimate of drug-likeness (QED) is 0.913. The third kappa shape index (κ3) is 3.73. The molecule has 1 heterocycles. The van der Waals surface area contributed by atoms with Gasteiger partial charge in [-0.1, -0.05) is 35.5 Å². The van der Waals surface area contributed by atoms with Gasteiger partial charge in [-0.15, -0.1) is 0 Å². The van der Waals surface area contributed by atoms with E-state index in [2.05, 4.69) is 16.4 Å². The SMILES string of the molecule is CNCc1ccc(Sc2cccc(Cl)c2)nc1. The Morgan fingerprint density at radius 2 is 2.18 bits per heavy atom. The highest BCUT2D eigenvalue weighted by Gasteiger charge is 2.00. The average Bonchev–Trinajstić information content (AvgIpc) is 2.32. The first-order valence-corrected chi connectivity index (χ1v) is 6.50. The van der Waals surface area contributed by atoms with Crippen LogP contribution in [0.3, 0.4) is 0 Å². The summed E-state index contributed by atoms with van der Waals surface area (Å²) < 4.78 is 0. The van der Waals surface area contributed by atoms with Crippen LogP contribution in [0.4, 0.5) is 0 Å². The monoisotopic (exact) mass is 264 g/mol. The molecule has 0 aliphatic heterocycles. The van der Waals surface area contributed by atoms with Crippen LogP contribution >= 0.6 is 23.4 Å². The minimum Gasteiger partial charge on any atom is -0.316 e. The molecule has 2 aromatic rings. The van der Waals surface area contributed by atoms with Crippen LogP contribution in [0.25, 0.3) is 0 Å². The predicted octanol–water partition coefficient (Wildman–Crippen LogP) is 3.61. The van der Waals surface area contributed by atoms with E-state index in [-0.39, 0.29) is 0 Å². The molecule has 0 saturated heterocycles. The normalized spacial score (nSPS) is 10.5. The van der Waals surface area contributed by atoms with Gasteiger partial charge < -0.3 is 5.32 Å². The summed E-state index contributed by atoms with van der Waals surface area (Å²) in [7, 11) is 1.93. The zero-order valence-corrected chi connectivity index (χ0v) is 11.1. The van der Waals surface area contributed by atoms with Crippen molar-refractivity contribution in [3.8, 4) is 0 Å². The lowest BCUT2D eigenvalue weighted by Crippen LogP contribution is -2.04. The van der Waals surface area contributed by atoms with Gasteiger partial charge in [-0.2, -0.15) is 0 Å². The lowest BCUT2D eigenvalue weighted by molar-refractivity contribution is 0.809. The Balaban J connectivity index is 2.08. The van der Waals surface area contributed by atoms with Crippen LogP contribution in [0.2, 0.25) is 5.02 Å². The van der Waals surface area contributed by atoms with E-state index in [9.17, 15) is 0 Å². The number of rotatable bonds is 4. The Morgan fingerprint density at radius 3 is 2.82 bits per heavy atom. The lowest BCUT2D eigenvalue weighted by Gasteiger charge is -2.03. The smallest absolute Gasteiger partial charge is 0.101 e. The van der Waals surface area contributed by atoms with Crippen LogP contribution in [-0.2, 0) is 6.54 Å². The van der Waals surface area contributed by atoms with Crippen molar-refractivity contribution in [2.75, 3.05) is 7.05 Å². The summed E-state index contributed by atoms with van der Waals surface area (Å²) in [6.45, 7) is 0.842. The number of nitrogens with zero attached hydrogens (tertiary/aromatic N) is 1. The molecule has 17 heavy (non-hydrogen) atoms. The topological polar surface area (TPSA) is 24.9 Å². The first kappa shape index (κ1) is 12.4. The Labute approximate surface area is 110 Å². The Morgan fingerprint density at radius 1 is 1.29 bits per heavy atom. The summed E-state index contributed by atoms with van der Waals surface area (Å²) in [5.74, 6) is 0. The van der Waals surface area contributed by atoms with Crippen molar-refractivity contribution in [2.24, 2.45) is 0 Å². The maximum atomic E-state index is 5.94. The molecule has 0 atom stereocenters. The maximum Gasteiger partial charge on any atom is 0.101 e. The van der Waals surface area contributed by atoms with Crippen molar-refractivity contribution in [1.29, 1.82) is 0 Å². The fraction of sp³-hybridized carbons (Fsp3) is 0.154. The van der Waals surface area contributed by atoms with Crippen LogP contribution < -0.4 is 5.32 Å². The van der Waals surface area contributed by atoms with E-state index >= 15 is 0 Å². The standard InChI is InChI=1S/C13H13ClN2S/c1-15-8-10-5-6-13(16-9-10)17-12-4-2-3-11(14)7-12/h2-7,9,15H,8H2,1H3. The molecule has 0 saturated carbocycles. The molecule has 2 rings (SSSR count). The maximum absolute atomic E-state index is 5.94. The van der Waals surface area contributed by atoms with E-state index < -0.39 is 0 Å². The first-order chi connectivity index (χ1) is 8.28. The van der Waals surface area contributed by atoms with Crippen molar-refractivity contribution in [3.05, 3.63) is 53.2 Å². The second kappa shape index (κ2) is 6.05. The van der Waals surface area contributed by atoms with Crippen molar-refractivity contribution >= 4 is 23.4 Å². The van der Waals surface area contributed by atoms with Gasteiger partial charge in [-0.25, -0.2) is 4.98 Å². The van der Waals surface area contributed by atoms with Crippen molar-refractivity contribution in [3.63, 3.8) is 0 Å². The van der Waals surface area contributed by atoms with Gasteiger partial charge >= 0.3 is 0 Å². The van der Waals surface area contributed by atoms with E-state index in [4.69, 9.17) is 11.6 Å². The molecule has 0 aliphatic carbocycles. The Kier molecular flexibility index (Phi) is 4.42. The molecule has 0 aliphatic rings. The fourth-order valence-electron chi connectivity index (χ4n) is 1.43. The molecule has 1 aromatic heterocycles. The predicted molar refractivity (Wildman–Crippen MR) is 72.6 cm³/mol. The number of pyridine rings is 1. The van der Waals surface area contributed by atoms with Gasteiger partial charge in [-0.05, 0) is 36.9 Å². The second-order valence-electron chi connectivity index (χ2n) is 3.59. The van der Waals surface area contributed by atoms with Crippen LogP contribution in [0.5, 0.6) is 0 Å². The molecule has 0 bridgehead atoms. The minimum atomic E-state index is 0.752. The third-order valence-corrected chi connectivity index (χ3v) is 3.37. The molecule has 2 nitrogen and oxygen atoms in total. The molecule has 0 fully saturated rings. The molecule has 88 valence electrons. The summed E-state index contributed by atoms with van der Waals surface area (Å²) in [5, 5.41) is 4.83. The molecule has 1 aromatic carbocycles. The molecule has 0 amide bonds. The van der Waals surface area contributed by atoms with E-state index in [1.54, 1.807) is 11.8 Å². The van der Waals surface area contributed by atoms with Gasteiger partial charge in [0.05, 0.1) is 0 Å². The van der Waals surface area contributed by atoms with Crippen LogP contribution in [0, 0.1) is 0 Å². The molecular weight excluding hydrogens is 252 g/mol. The number of hydrogen-bond acceptors (Lipinski definition) is 3. The van der Waals surface area contributed by atoms with Crippen molar-refractivity contribution < 1.29 is 0 Å². The highest BCUT2D eigenvalue weighted by molar-refractivity contribution is 7.99. The summed E-state index contributed by atoms with van der Waals surface area (Å²) in [4.78, 5) is 5.51. The summed E-state index contributed by atoms with van der Waals surface area (Å²) in [6, 6.07) is 11.9. The van der Waals surface area contributed by atoms with Gasteiger partial charge in [0, 0.05) is 22.7 Å². The van der Waals surface area contributed by atoms with Gasteiger partial charge in [0.15, 0.2) is 0 Å². The average molecular weight is 265 g/mol. The summed E-state index contributed by atoms with van der Waals surface area (Å²) in [5.41, 5.74) is 1.18. The lowest BCUT2D eigenvalue weighted by atomic mass is 10.3. The zero-order valence-electron chi connectivity index (χ0n) is 9.48. The van der Waals surface area contributed by atoms with Gasteiger partial charge in [-0.3, -0.25) is 0 Å². The highest BCUT2D eigenvalue weighted by Crippen LogP contribution is 2.27. The second-order valence-corrected chi connectivity index (χ2v) is 5.12. The zero-order chi connectivity index (χ0) is 12.1. The molecule has 1 N–H and O–H groups in total. The van der Waals surface area contributed by atoms with Gasteiger partial charge in [0.25, 0.3) is 0 Å². The van der Waals surface area contributed by atoms with Crippen molar-refractivity contribution in [2.45, 2.75) is 16.5 Å². The highest BCUT2D eigenvalue weighted by atomic mass is 35.5. The number of aromatic nitrogens is 1. The van der Waals surface area contributed by atoms with Crippen LogP contribution in [0.15, 0.2) is 52.5 Å². The Bertz CT molecular complexity index is 485. The van der Waals surface area contributed by atoms with E-state index in [1.807, 2.05) is 43.6 Å². The summed E-state index contributed by atoms with van der Waals surface area (Å²) >= 11 is 7.55. The summed E-state index contributed by atoms with van der Waals surface area (Å²) in [6.07, 6.45) is 1.89. The van der Waals surface area contributed by atoms with E-state index in [0.717, 1.165) is 21.5 Å². The van der Waals surface area contributed by atoms with E-state index in [0.29, 0.717) is 0 Å². The first-order valence-electron chi connectivity index (χ1n) is 5.31. The number of benzene rings is 1. The fourth-order valence-corrected chi connectivity index (χ4v) is 2.50.